The van der Waals surface area contributed by atoms with E-state index in [0.29, 0.717) is 0 Å². The summed E-state index contributed by atoms with van der Waals surface area (Å²) in [5.41, 5.74) is -0.329. The van der Waals surface area contributed by atoms with Gasteiger partial charge in [-0.1, -0.05) is 23.8 Å². The minimum atomic E-state index is -0.956. The third-order valence-corrected chi connectivity index (χ3v) is 4.48. The molecule has 0 spiro atoms. The highest BCUT2D eigenvalue weighted by Crippen LogP contribution is 2.37. The second kappa shape index (κ2) is 8.53. The van der Waals surface area contributed by atoms with Crippen LogP contribution in [0.15, 0.2) is 18.2 Å². The number of phenolic OH excluding ortho intramolecular Hbond substituents is 2. The van der Waals surface area contributed by atoms with Crippen LogP contribution in [0.1, 0.15) is 42.1 Å². The Morgan fingerprint density at radius 1 is 1.12 bits per heavy atom. The standard InChI is InChI=1S/C18H21ClO7/c1-9-6-11(21)4-2-10(20)3-5-12(22)7-13-16(18(25)26-9)14(23)8-15(24)17(13)19/h2,4,8-11,20-21,23-24H,3,5-7H2,1H3/t9-,10-,11-/m1/s1. The van der Waals surface area contributed by atoms with Gasteiger partial charge in [-0.15, -0.1) is 0 Å². The van der Waals surface area contributed by atoms with E-state index < -0.39 is 35.8 Å². The molecule has 1 aromatic rings. The Labute approximate surface area is 155 Å². The summed E-state index contributed by atoms with van der Waals surface area (Å²) in [7, 11) is 0. The van der Waals surface area contributed by atoms with Crippen LogP contribution in [0.2, 0.25) is 5.02 Å². The van der Waals surface area contributed by atoms with Gasteiger partial charge in [0.2, 0.25) is 0 Å². The van der Waals surface area contributed by atoms with Crippen LogP contribution in [0.25, 0.3) is 0 Å². The molecule has 0 aromatic heterocycles. The van der Waals surface area contributed by atoms with Crippen molar-refractivity contribution in [2.45, 2.75) is 50.9 Å². The highest BCUT2D eigenvalue weighted by atomic mass is 35.5. The molecule has 0 unspecified atom stereocenters. The second-order valence-electron chi connectivity index (χ2n) is 6.31. The summed E-state index contributed by atoms with van der Waals surface area (Å²) in [6.45, 7) is 1.56. The van der Waals surface area contributed by atoms with Gasteiger partial charge in [-0.05, 0) is 13.3 Å². The van der Waals surface area contributed by atoms with Gasteiger partial charge in [-0.25, -0.2) is 4.79 Å². The summed E-state index contributed by atoms with van der Waals surface area (Å²) in [5, 5.41) is 39.4. The van der Waals surface area contributed by atoms with E-state index in [4.69, 9.17) is 16.3 Å². The minimum absolute atomic E-state index is 0.0146. The highest BCUT2D eigenvalue weighted by Gasteiger charge is 2.27. The van der Waals surface area contributed by atoms with Gasteiger partial charge in [0, 0.05) is 30.9 Å². The number of halogens is 1. The van der Waals surface area contributed by atoms with Crippen LogP contribution in [0, 0.1) is 0 Å². The molecule has 2 rings (SSSR count). The lowest BCUT2D eigenvalue weighted by Crippen LogP contribution is -2.22. The fourth-order valence-corrected chi connectivity index (χ4v) is 2.95. The lowest BCUT2D eigenvalue weighted by molar-refractivity contribution is -0.118. The number of hydrogen-bond donors (Lipinski definition) is 4. The molecule has 1 heterocycles. The monoisotopic (exact) mass is 384 g/mol. The average Bonchev–Trinajstić information content (AvgIpc) is 2.54. The Balaban J connectivity index is 2.45. The van der Waals surface area contributed by atoms with E-state index in [1.807, 2.05) is 0 Å². The van der Waals surface area contributed by atoms with E-state index in [1.54, 1.807) is 6.92 Å². The fraction of sp³-hybridized carbons (Fsp3) is 0.444. The molecular formula is C18H21ClO7. The van der Waals surface area contributed by atoms with Gasteiger partial charge < -0.3 is 25.2 Å². The number of hydrogen-bond acceptors (Lipinski definition) is 7. The van der Waals surface area contributed by atoms with E-state index in [0.717, 1.165) is 6.07 Å². The number of aliphatic hydroxyl groups excluding tert-OH is 2. The van der Waals surface area contributed by atoms with Crippen LogP contribution in [-0.2, 0) is 16.0 Å². The number of carbonyl (C=O) groups excluding carboxylic acids is 2. The number of fused-ring (bicyclic) bond motifs is 1. The van der Waals surface area contributed by atoms with Crippen LogP contribution in [0.4, 0.5) is 0 Å². The predicted octanol–water partition coefficient (Wildman–Crippen LogP) is 1.87. The number of Topliss-reactive ketones (excluding diaryl/α,β-unsaturated/α-hetero) is 1. The summed E-state index contributed by atoms with van der Waals surface area (Å²) in [5.74, 6) is -2.27. The van der Waals surface area contributed by atoms with Gasteiger partial charge in [0.1, 0.15) is 28.9 Å². The molecule has 1 aliphatic heterocycles. The Kier molecular flexibility index (Phi) is 6.63. The molecule has 26 heavy (non-hydrogen) atoms. The molecule has 8 heteroatoms. The lowest BCUT2D eigenvalue weighted by Gasteiger charge is -2.19. The second-order valence-corrected chi connectivity index (χ2v) is 6.69. The smallest absolute Gasteiger partial charge is 0.342 e. The van der Waals surface area contributed by atoms with E-state index in [9.17, 15) is 30.0 Å². The Morgan fingerprint density at radius 3 is 2.46 bits per heavy atom. The third kappa shape index (κ3) is 4.97. The van der Waals surface area contributed by atoms with E-state index in [2.05, 4.69) is 0 Å². The minimum Gasteiger partial charge on any atom is -0.507 e. The Bertz CT molecular complexity index is 729. The molecule has 4 N–H and O–H groups in total. The van der Waals surface area contributed by atoms with Crippen LogP contribution in [-0.4, -0.2) is 50.5 Å². The molecule has 0 saturated carbocycles. The number of aliphatic hydroxyl groups is 2. The zero-order valence-electron chi connectivity index (χ0n) is 14.2. The highest BCUT2D eigenvalue weighted by molar-refractivity contribution is 6.33. The first-order valence-corrected chi connectivity index (χ1v) is 8.57. The van der Waals surface area contributed by atoms with Crippen molar-refractivity contribution < 1.29 is 34.8 Å². The number of cyclic esters (lactones) is 1. The summed E-state index contributed by atoms with van der Waals surface area (Å²) in [4.78, 5) is 24.7. The summed E-state index contributed by atoms with van der Waals surface area (Å²) in [6.07, 6.45) is 0.0675. The van der Waals surface area contributed by atoms with Gasteiger partial charge in [0.15, 0.2) is 0 Å². The van der Waals surface area contributed by atoms with E-state index >= 15 is 0 Å². The maximum absolute atomic E-state index is 12.5. The van der Waals surface area contributed by atoms with Crippen LogP contribution in [0.3, 0.4) is 0 Å². The summed E-state index contributed by atoms with van der Waals surface area (Å²) < 4.78 is 5.22. The number of ketones is 1. The van der Waals surface area contributed by atoms with Crippen molar-refractivity contribution in [3.05, 3.63) is 34.4 Å². The zero-order valence-corrected chi connectivity index (χ0v) is 14.9. The van der Waals surface area contributed by atoms with Crippen molar-refractivity contribution in [1.29, 1.82) is 0 Å². The van der Waals surface area contributed by atoms with Crippen molar-refractivity contribution in [3.63, 3.8) is 0 Å². The Morgan fingerprint density at radius 2 is 1.77 bits per heavy atom. The van der Waals surface area contributed by atoms with Gasteiger partial charge in [-0.2, -0.15) is 0 Å². The number of ether oxygens (including phenoxy) is 1. The molecule has 0 radical (unpaired) electrons. The van der Waals surface area contributed by atoms with Gasteiger partial charge >= 0.3 is 5.97 Å². The molecule has 7 nitrogen and oxygen atoms in total. The number of aromatic hydroxyl groups is 2. The summed E-state index contributed by atoms with van der Waals surface area (Å²) >= 11 is 6.03. The van der Waals surface area contributed by atoms with Gasteiger partial charge in [0.25, 0.3) is 0 Å². The fourth-order valence-electron chi connectivity index (χ4n) is 2.73. The lowest BCUT2D eigenvalue weighted by atomic mass is 9.97. The molecule has 0 amide bonds. The number of esters is 1. The first-order valence-electron chi connectivity index (χ1n) is 8.19. The van der Waals surface area contributed by atoms with Gasteiger partial charge in [-0.3, -0.25) is 4.79 Å². The SMILES string of the molecule is C[C@@H]1C[C@H](O)C=C[C@@H](O)CCC(=O)Cc2c(Cl)c(O)cc(O)c2C(=O)O1. The van der Waals surface area contributed by atoms with Crippen LogP contribution < -0.4 is 0 Å². The normalized spacial score (nSPS) is 25.3. The maximum atomic E-state index is 12.5. The van der Waals surface area contributed by atoms with Crippen molar-refractivity contribution in [2.24, 2.45) is 0 Å². The quantitative estimate of drug-likeness (QED) is 0.397. The number of carbonyl (C=O) groups is 2. The van der Waals surface area contributed by atoms with Gasteiger partial charge in [0.05, 0.1) is 17.2 Å². The molecule has 3 atom stereocenters. The Hall–Kier alpha value is -2.09. The number of rotatable bonds is 0. The first kappa shape index (κ1) is 20.2. The number of phenols is 2. The zero-order chi connectivity index (χ0) is 19.4. The van der Waals surface area contributed by atoms with Crippen molar-refractivity contribution in [3.8, 4) is 11.5 Å². The van der Waals surface area contributed by atoms with Crippen LogP contribution in [0.5, 0.6) is 11.5 Å². The molecule has 0 fully saturated rings. The maximum Gasteiger partial charge on any atom is 0.342 e. The van der Waals surface area contributed by atoms with Crippen molar-refractivity contribution in [1.82, 2.24) is 0 Å². The first-order chi connectivity index (χ1) is 12.2. The molecule has 0 aliphatic carbocycles. The van der Waals surface area contributed by atoms with E-state index in [1.165, 1.54) is 12.2 Å². The van der Waals surface area contributed by atoms with E-state index in [-0.39, 0.29) is 47.6 Å². The van der Waals surface area contributed by atoms with Crippen molar-refractivity contribution >= 4 is 23.4 Å². The molecule has 1 aliphatic rings. The molecule has 0 saturated heterocycles. The summed E-state index contributed by atoms with van der Waals surface area (Å²) in [6, 6.07) is 0.905. The van der Waals surface area contributed by atoms with Crippen LogP contribution >= 0.6 is 11.6 Å². The predicted molar refractivity (Wildman–Crippen MR) is 93.4 cm³/mol. The molecule has 1 aromatic carbocycles. The molecular weight excluding hydrogens is 364 g/mol. The number of benzene rings is 1. The van der Waals surface area contributed by atoms with Crippen molar-refractivity contribution in [2.75, 3.05) is 0 Å². The largest absolute Gasteiger partial charge is 0.507 e. The third-order valence-electron chi connectivity index (χ3n) is 4.06. The molecule has 142 valence electrons. The topological polar surface area (TPSA) is 124 Å². The average molecular weight is 385 g/mol. The molecule has 0 bridgehead atoms.